The largest absolute Gasteiger partial charge is 0.465 e. The molecular weight excluding hydrogens is 262 g/mol. The molecule has 2 N–H and O–H groups in total. The first-order valence-electron chi connectivity index (χ1n) is 6.83. The number of carboxylic acid groups (broad SMARTS) is 1. The zero-order valence-corrected chi connectivity index (χ0v) is 12.7. The van der Waals surface area contributed by atoms with Crippen LogP contribution in [0.15, 0.2) is 0 Å². The number of hydrogen-bond acceptors (Lipinski definition) is 3. The molecule has 0 aliphatic carbocycles. The van der Waals surface area contributed by atoms with Crippen LogP contribution in [0.4, 0.5) is 4.79 Å². The highest BCUT2D eigenvalue weighted by molar-refractivity contribution is 7.80. The molecule has 19 heavy (non-hydrogen) atoms. The van der Waals surface area contributed by atoms with Gasteiger partial charge in [0, 0.05) is 24.7 Å². The van der Waals surface area contributed by atoms with E-state index in [9.17, 15) is 9.90 Å². The van der Waals surface area contributed by atoms with Crippen molar-refractivity contribution in [3.63, 3.8) is 0 Å². The van der Waals surface area contributed by atoms with E-state index in [4.69, 9.17) is 12.2 Å². The van der Waals surface area contributed by atoms with Gasteiger partial charge in [-0.3, -0.25) is 9.80 Å². The zero-order valence-electron chi connectivity index (χ0n) is 11.8. The lowest BCUT2D eigenvalue weighted by molar-refractivity contribution is 0.0712. The molecule has 0 spiro atoms. The zero-order chi connectivity index (χ0) is 14.2. The van der Waals surface area contributed by atoms with Crippen LogP contribution in [-0.4, -0.2) is 63.2 Å². The third kappa shape index (κ3) is 3.36. The van der Waals surface area contributed by atoms with E-state index in [1.807, 2.05) is 20.8 Å². The molecule has 2 fully saturated rings. The Kier molecular flexibility index (Phi) is 4.01. The first-order valence-corrected chi connectivity index (χ1v) is 7.24. The SMILES string of the molecule is CC(C)(C)NC(=S)[C@@H]1CN2CCC[C@H]2CN1C(=O)O. The lowest BCUT2D eigenvalue weighted by atomic mass is 10.0. The number of amides is 1. The fourth-order valence-corrected chi connectivity index (χ4v) is 3.41. The maximum atomic E-state index is 11.4. The van der Waals surface area contributed by atoms with Crippen molar-refractivity contribution >= 4 is 23.3 Å². The average Bonchev–Trinajstić information content (AvgIpc) is 2.71. The van der Waals surface area contributed by atoms with Crippen molar-refractivity contribution in [3.8, 4) is 0 Å². The van der Waals surface area contributed by atoms with Crippen LogP contribution < -0.4 is 5.32 Å². The second-order valence-corrected chi connectivity index (χ2v) is 6.92. The van der Waals surface area contributed by atoms with E-state index in [1.165, 1.54) is 4.90 Å². The van der Waals surface area contributed by atoms with Gasteiger partial charge >= 0.3 is 6.09 Å². The van der Waals surface area contributed by atoms with Crippen LogP contribution in [0.3, 0.4) is 0 Å². The smallest absolute Gasteiger partial charge is 0.407 e. The Bertz CT molecular complexity index is 381. The maximum absolute atomic E-state index is 11.4. The van der Waals surface area contributed by atoms with Gasteiger partial charge in [-0.25, -0.2) is 4.79 Å². The quantitative estimate of drug-likeness (QED) is 0.716. The fourth-order valence-electron chi connectivity index (χ4n) is 2.91. The monoisotopic (exact) mass is 285 g/mol. The highest BCUT2D eigenvalue weighted by atomic mass is 32.1. The van der Waals surface area contributed by atoms with Crippen molar-refractivity contribution in [2.45, 2.75) is 51.2 Å². The van der Waals surface area contributed by atoms with Crippen molar-refractivity contribution in [1.82, 2.24) is 15.1 Å². The normalized spacial score (nSPS) is 28.1. The number of rotatable bonds is 1. The van der Waals surface area contributed by atoms with Gasteiger partial charge in [-0.2, -0.15) is 0 Å². The maximum Gasteiger partial charge on any atom is 0.407 e. The molecule has 108 valence electrons. The molecule has 2 rings (SSSR count). The molecule has 0 aromatic rings. The van der Waals surface area contributed by atoms with Gasteiger partial charge in [0.2, 0.25) is 0 Å². The lowest BCUT2D eigenvalue weighted by Crippen LogP contribution is -2.63. The number of nitrogens with zero attached hydrogens (tertiary/aromatic N) is 2. The predicted molar refractivity (Wildman–Crippen MR) is 78.6 cm³/mol. The van der Waals surface area contributed by atoms with Gasteiger partial charge in [-0.15, -0.1) is 0 Å². The topological polar surface area (TPSA) is 55.8 Å². The molecule has 2 aliphatic rings. The molecule has 0 radical (unpaired) electrons. The summed E-state index contributed by atoms with van der Waals surface area (Å²) < 4.78 is 0. The minimum absolute atomic E-state index is 0.136. The Morgan fingerprint density at radius 3 is 2.63 bits per heavy atom. The van der Waals surface area contributed by atoms with Gasteiger partial charge in [0.15, 0.2) is 0 Å². The van der Waals surface area contributed by atoms with Gasteiger partial charge < -0.3 is 10.4 Å². The van der Waals surface area contributed by atoms with Gasteiger partial charge in [-0.1, -0.05) is 12.2 Å². The first-order chi connectivity index (χ1) is 8.78. The number of nitrogens with one attached hydrogen (secondary N) is 1. The van der Waals surface area contributed by atoms with E-state index in [2.05, 4.69) is 10.2 Å². The van der Waals surface area contributed by atoms with Crippen LogP contribution in [0.25, 0.3) is 0 Å². The number of hydrogen-bond donors (Lipinski definition) is 2. The molecule has 5 nitrogen and oxygen atoms in total. The van der Waals surface area contributed by atoms with E-state index in [1.54, 1.807) is 0 Å². The molecule has 2 heterocycles. The predicted octanol–water partition coefficient (Wildman–Crippen LogP) is 1.53. The summed E-state index contributed by atoms with van der Waals surface area (Å²) in [6.07, 6.45) is 1.38. The van der Waals surface area contributed by atoms with Crippen LogP contribution in [0.1, 0.15) is 33.6 Å². The van der Waals surface area contributed by atoms with Gasteiger partial charge in [0.1, 0.15) is 4.99 Å². The van der Waals surface area contributed by atoms with Gasteiger partial charge in [-0.05, 0) is 40.2 Å². The summed E-state index contributed by atoms with van der Waals surface area (Å²) in [7, 11) is 0. The van der Waals surface area contributed by atoms with Crippen molar-refractivity contribution in [3.05, 3.63) is 0 Å². The van der Waals surface area contributed by atoms with Crippen LogP contribution in [0.2, 0.25) is 0 Å². The van der Waals surface area contributed by atoms with Crippen molar-refractivity contribution < 1.29 is 9.90 Å². The second kappa shape index (κ2) is 5.25. The van der Waals surface area contributed by atoms with Crippen LogP contribution in [-0.2, 0) is 0 Å². The minimum atomic E-state index is -0.866. The Morgan fingerprint density at radius 2 is 2.05 bits per heavy atom. The van der Waals surface area contributed by atoms with Crippen molar-refractivity contribution in [2.75, 3.05) is 19.6 Å². The third-order valence-electron chi connectivity index (χ3n) is 3.74. The summed E-state index contributed by atoms with van der Waals surface area (Å²) in [4.78, 5) is 16.0. The summed E-state index contributed by atoms with van der Waals surface area (Å²) in [6.45, 7) is 8.46. The van der Waals surface area contributed by atoms with Crippen LogP contribution in [0, 0.1) is 0 Å². The Labute approximate surface area is 119 Å². The summed E-state index contributed by atoms with van der Waals surface area (Å²) in [6, 6.07) is 0.158. The lowest BCUT2D eigenvalue weighted by Gasteiger charge is -2.43. The Morgan fingerprint density at radius 1 is 1.37 bits per heavy atom. The molecule has 2 saturated heterocycles. The Hall–Kier alpha value is -0.880. The molecule has 1 amide bonds. The molecule has 0 aromatic heterocycles. The van der Waals surface area contributed by atoms with Crippen LogP contribution in [0.5, 0.6) is 0 Å². The number of carbonyl (C=O) groups is 1. The van der Waals surface area contributed by atoms with E-state index in [0.29, 0.717) is 17.6 Å². The molecule has 0 saturated carbocycles. The summed E-state index contributed by atoms with van der Waals surface area (Å²) in [5.41, 5.74) is -0.136. The van der Waals surface area contributed by atoms with E-state index in [-0.39, 0.29) is 11.6 Å². The Balaban J connectivity index is 2.11. The number of fused-ring (bicyclic) bond motifs is 1. The number of piperazine rings is 1. The van der Waals surface area contributed by atoms with Crippen LogP contribution >= 0.6 is 12.2 Å². The second-order valence-electron chi connectivity index (χ2n) is 6.48. The van der Waals surface area contributed by atoms with Gasteiger partial charge in [0.25, 0.3) is 0 Å². The molecule has 0 unspecified atom stereocenters. The fraction of sp³-hybridized carbons (Fsp3) is 0.846. The molecule has 2 atom stereocenters. The molecule has 0 aromatic carbocycles. The summed E-state index contributed by atoms with van der Waals surface area (Å²) in [5, 5.41) is 12.6. The molecular formula is C13H23N3O2S. The molecule has 6 heteroatoms. The average molecular weight is 285 g/mol. The van der Waals surface area contributed by atoms with Crippen molar-refractivity contribution in [1.29, 1.82) is 0 Å². The van der Waals surface area contributed by atoms with E-state index in [0.717, 1.165) is 25.9 Å². The van der Waals surface area contributed by atoms with Crippen molar-refractivity contribution in [2.24, 2.45) is 0 Å². The first kappa shape index (κ1) is 14.5. The summed E-state index contributed by atoms with van der Waals surface area (Å²) in [5.74, 6) is 0. The highest BCUT2D eigenvalue weighted by Gasteiger charge is 2.40. The highest BCUT2D eigenvalue weighted by Crippen LogP contribution is 2.25. The molecule has 2 aliphatic heterocycles. The summed E-state index contributed by atoms with van der Waals surface area (Å²) >= 11 is 5.44. The standard InChI is InChI=1S/C13H23N3O2S/c1-13(2,3)14-11(19)10-8-15-6-4-5-9(15)7-16(10)12(17)18/h9-10H,4-8H2,1-3H3,(H,14,19)(H,17,18)/t9-,10-/m0/s1. The third-order valence-corrected chi connectivity index (χ3v) is 4.11. The van der Waals surface area contributed by atoms with E-state index >= 15 is 0 Å². The van der Waals surface area contributed by atoms with Gasteiger partial charge in [0.05, 0.1) is 6.04 Å². The van der Waals surface area contributed by atoms with E-state index < -0.39 is 6.09 Å². The molecule has 0 bridgehead atoms. The number of thiocarbonyl (C=S) groups is 1. The minimum Gasteiger partial charge on any atom is -0.465 e.